The first kappa shape index (κ1) is 12.2. The Morgan fingerprint density at radius 2 is 2.25 bits per heavy atom. The average Bonchev–Trinajstić information content (AvgIpc) is 2.31. The molecule has 0 aromatic heterocycles. The Hall–Kier alpha value is -1.84. The maximum Gasteiger partial charge on any atom is 0.311 e. The van der Waals surface area contributed by atoms with E-state index in [0.29, 0.717) is 18.6 Å². The van der Waals surface area contributed by atoms with Gasteiger partial charge in [-0.15, -0.1) is 0 Å². The molecule has 0 unspecified atom stereocenters. The third-order valence-corrected chi connectivity index (χ3v) is 1.86. The number of hydrogen-bond donors (Lipinski definition) is 0. The minimum Gasteiger partial charge on any atom is -0.490 e. The second-order valence-electron chi connectivity index (χ2n) is 2.95. The van der Waals surface area contributed by atoms with E-state index in [1.165, 1.54) is 0 Å². The number of carbonyl (C=O) groups excluding carboxylic acids is 2. The van der Waals surface area contributed by atoms with Crippen molar-refractivity contribution in [3.05, 3.63) is 30.7 Å². The molecule has 1 rings (SSSR count). The van der Waals surface area contributed by atoms with Crippen molar-refractivity contribution in [3.63, 3.8) is 0 Å². The molecule has 0 aliphatic rings. The molecule has 0 atom stereocenters. The van der Waals surface area contributed by atoms with Crippen molar-refractivity contribution in [1.29, 1.82) is 0 Å². The molecule has 4 nitrogen and oxygen atoms in total. The highest BCUT2D eigenvalue weighted by Gasteiger charge is 2.13. The molecule has 0 saturated carbocycles. The molecule has 0 fully saturated rings. The van der Waals surface area contributed by atoms with Gasteiger partial charge in [-0.05, 0) is 26.0 Å². The Labute approximate surface area is 94.2 Å². The standard InChI is InChI=1S/C12H13O4/c1-3-11(14)16-12-9(8-13)6-5-7-10(12)15-4-2/h5-8H,1,3-4H2,2H3. The normalized spacial score (nSPS) is 9.62. The van der Waals surface area contributed by atoms with Gasteiger partial charge in [0.1, 0.15) is 0 Å². The van der Waals surface area contributed by atoms with Gasteiger partial charge in [0.05, 0.1) is 12.2 Å². The van der Waals surface area contributed by atoms with E-state index in [1.54, 1.807) is 25.1 Å². The van der Waals surface area contributed by atoms with Crippen molar-refractivity contribution in [2.24, 2.45) is 0 Å². The number of benzene rings is 1. The van der Waals surface area contributed by atoms with E-state index in [-0.39, 0.29) is 17.7 Å². The maximum atomic E-state index is 11.1. The molecule has 0 aliphatic carbocycles. The van der Waals surface area contributed by atoms with Gasteiger partial charge >= 0.3 is 5.97 Å². The molecule has 0 amide bonds. The topological polar surface area (TPSA) is 52.6 Å². The lowest BCUT2D eigenvalue weighted by atomic mass is 10.2. The lowest BCUT2D eigenvalue weighted by molar-refractivity contribution is -0.133. The van der Waals surface area contributed by atoms with Crippen LogP contribution in [-0.4, -0.2) is 18.9 Å². The highest BCUT2D eigenvalue weighted by atomic mass is 16.6. The summed E-state index contributed by atoms with van der Waals surface area (Å²) in [6.07, 6.45) is 0.618. The van der Waals surface area contributed by atoms with Crippen LogP contribution in [0.4, 0.5) is 0 Å². The summed E-state index contributed by atoms with van der Waals surface area (Å²) >= 11 is 0. The minimum atomic E-state index is -0.504. The fourth-order valence-corrected chi connectivity index (χ4v) is 1.17. The summed E-state index contributed by atoms with van der Waals surface area (Å²) in [5.74, 6) is 0.0390. The highest BCUT2D eigenvalue weighted by Crippen LogP contribution is 2.30. The number of ether oxygens (including phenoxy) is 2. The fraction of sp³-hybridized carbons (Fsp3) is 0.250. The number of rotatable bonds is 5. The predicted octanol–water partition coefficient (Wildman–Crippen LogP) is 2.03. The van der Waals surface area contributed by atoms with Crippen LogP contribution in [0.3, 0.4) is 0 Å². The molecule has 1 aromatic carbocycles. The van der Waals surface area contributed by atoms with Crippen LogP contribution >= 0.6 is 0 Å². The summed E-state index contributed by atoms with van der Waals surface area (Å²) in [6.45, 7) is 5.64. The molecule has 0 heterocycles. The van der Waals surface area contributed by atoms with Crippen molar-refractivity contribution in [3.8, 4) is 11.5 Å². The van der Waals surface area contributed by atoms with E-state index in [9.17, 15) is 9.59 Å². The number of para-hydroxylation sites is 1. The van der Waals surface area contributed by atoms with Crippen molar-refractivity contribution in [2.75, 3.05) is 6.61 Å². The van der Waals surface area contributed by atoms with Crippen LogP contribution in [0.1, 0.15) is 23.7 Å². The predicted molar refractivity (Wildman–Crippen MR) is 58.6 cm³/mol. The molecule has 0 bridgehead atoms. The van der Waals surface area contributed by atoms with E-state index in [1.807, 2.05) is 0 Å². The van der Waals surface area contributed by atoms with Crippen molar-refractivity contribution >= 4 is 12.3 Å². The van der Waals surface area contributed by atoms with Gasteiger partial charge in [-0.25, -0.2) is 0 Å². The van der Waals surface area contributed by atoms with Gasteiger partial charge in [0, 0.05) is 6.42 Å². The zero-order chi connectivity index (χ0) is 12.0. The van der Waals surface area contributed by atoms with Crippen LogP contribution in [-0.2, 0) is 4.79 Å². The molecular weight excluding hydrogens is 208 g/mol. The summed E-state index contributed by atoms with van der Waals surface area (Å²) in [6, 6.07) is 4.86. The van der Waals surface area contributed by atoms with Crippen LogP contribution in [0, 0.1) is 6.92 Å². The largest absolute Gasteiger partial charge is 0.490 e. The van der Waals surface area contributed by atoms with Crippen molar-refractivity contribution in [1.82, 2.24) is 0 Å². The van der Waals surface area contributed by atoms with Crippen LogP contribution in [0.25, 0.3) is 0 Å². The number of carbonyl (C=O) groups is 2. The lowest BCUT2D eigenvalue weighted by Gasteiger charge is -2.11. The molecule has 4 heteroatoms. The van der Waals surface area contributed by atoms with Crippen LogP contribution in [0.5, 0.6) is 11.5 Å². The first-order chi connectivity index (χ1) is 7.72. The first-order valence-corrected chi connectivity index (χ1v) is 4.93. The van der Waals surface area contributed by atoms with Gasteiger partial charge in [0.2, 0.25) is 0 Å². The number of aldehydes is 1. The van der Waals surface area contributed by atoms with Gasteiger partial charge in [0.25, 0.3) is 0 Å². The number of hydrogen-bond acceptors (Lipinski definition) is 4. The Morgan fingerprint density at radius 1 is 1.50 bits per heavy atom. The van der Waals surface area contributed by atoms with Gasteiger partial charge in [-0.1, -0.05) is 6.07 Å². The van der Waals surface area contributed by atoms with Gasteiger partial charge in [0.15, 0.2) is 17.8 Å². The molecule has 1 radical (unpaired) electrons. The van der Waals surface area contributed by atoms with Gasteiger partial charge in [-0.2, -0.15) is 0 Å². The smallest absolute Gasteiger partial charge is 0.311 e. The highest BCUT2D eigenvalue weighted by molar-refractivity contribution is 5.84. The van der Waals surface area contributed by atoms with Crippen LogP contribution in [0.2, 0.25) is 0 Å². The summed E-state index contributed by atoms with van der Waals surface area (Å²) in [5, 5.41) is 0. The zero-order valence-electron chi connectivity index (χ0n) is 9.06. The summed E-state index contributed by atoms with van der Waals surface area (Å²) in [7, 11) is 0. The van der Waals surface area contributed by atoms with Gasteiger partial charge < -0.3 is 9.47 Å². The molecule has 1 aromatic rings. The third-order valence-electron chi connectivity index (χ3n) is 1.86. The van der Waals surface area contributed by atoms with Crippen molar-refractivity contribution in [2.45, 2.75) is 13.3 Å². The average molecular weight is 221 g/mol. The maximum absolute atomic E-state index is 11.1. The fourth-order valence-electron chi connectivity index (χ4n) is 1.17. The Morgan fingerprint density at radius 3 is 2.81 bits per heavy atom. The van der Waals surface area contributed by atoms with E-state index in [2.05, 4.69) is 6.92 Å². The molecule has 0 N–H and O–H groups in total. The summed E-state index contributed by atoms with van der Waals surface area (Å²) in [4.78, 5) is 21.9. The second-order valence-corrected chi connectivity index (χ2v) is 2.95. The van der Waals surface area contributed by atoms with Gasteiger partial charge in [-0.3, -0.25) is 9.59 Å². The number of esters is 1. The molecule has 16 heavy (non-hydrogen) atoms. The Bertz CT molecular complexity index is 385. The first-order valence-electron chi connectivity index (χ1n) is 4.93. The minimum absolute atomic E-state index is 0.00123. The van der Waals surface area contributed by atoms with E-state index < -0.39 is 5.97 Å². The van der Waals surface area contributed by atoms with E-state index >= 15 is 0 Å². The SMILES string of the molecule is [CH2]CC(=O)Oc1c(C=O)cccc1OCC. The summed E-state index contributed by atoms with van der Waals surface area (Å²) < 4.78 is 10.3. The van der Waals surface area contributed by atoms with E-state index in [4.69, 9.17) is 9.47 Å². The Balaban J connectivity index is 3.08. The lowest BCUT2D eigenvalue weighted by Crippen LogP contribution is -2.09. The molecule has 0 aliphatic heterocycles. The van der Waals surface area contributed by atoms with Crippen LogP contribution < -0.4 is 9.47 Å². The molecular formula is C12H13O4. The zero-order valence-corrected chi connectivity index (χ0v) is 9.06. The van der Waals surface area contributed by atoms with Crippen molar-refractivity contribution < 1.29 is 19.1 Å². The third kappa shape index (κ3) is 2.82. The van der Waals surface area contributed by atoms with Crippen LogP contribution in [0.15, 0.2) is 18.2 Å². The molecule has 0 saturated heterocycles. The summed E-state index contributed by atoms with van der Waals surface area (Å²) in [5.41, 5.74) is 0.285. The quantitative estimate of drug-likeness (QED) is 0.433. The van der Waals surface area contributed by atoms with E-state index in [0.717, 1.165) is 0 Å². The molecule has 85 valence electrons. The monoisotopic (exact) mass is 221 g/mol. The Kier molecular flexibility index (Phi) is 4.51. The second kappa shape index (κ2) is 5.90. The molecule has 0 spiro atoms.